The predicted molar refractivity (Wildman–Crippen MR) is 97.0 cm³/mol. The fourth-order valence-corrected chi connectivity index (χ4v) is 4.35. The van der Waals surface area contributed by atoms with Crippen molar-refractivity contribution in [3.8, 4) is 0 Å². The van der Waals surface area contributed by atoms with Gasteiger partial charge in [0.25, 0.3) is 0 Å². The highest BCUT2D eigenvalue weighted by molar-refractivity contribution is 9.10. The molecule has 1 aliphatic heterocycles. The summed E-state index contributed by atoms with van der Waals surface area (Å²) in [6.07, 6.45) is 0. The van der Waals surface area contributed by atoms with Crippen molar-refractivity contribution in [3.63, 3.8) is 0 Å². The van der Waals surface area contributed by atoms with Gasteiger partial charge in [-0.25, -0.2) is 4.39 Å². The van der Waals surface area contributed by atoms with E-state index in [9.17, 15) is 4.39 Å². The van der Waals surface area contributed by atoms with Crippen LogP contribution in [0.15, 0.2) is 34.8 Å². The quantitative estimate of drug-likeness (QED) is 0.765. The molecule has 0 spiro atoms. The summed E-state index contributed by atoms with van der Waals surface area (Å²) in [5.41, 5.74) is 0.954. The average molecular weight is 426 g/mol. The number of rotatable bonds is 3. The van der Waals surface area contributed by atoms with E-state index in [1.165, 1.54) is 6.07 Å². The standard InChI is InChI=1S/C15H15BrClFN2S.ClH/c16-12-2-1-10(18)9-11(12)15(13-3-4-14(17)21-13)20-7-5-19-6-8-20;/h1-4,9,15,19H,5-8H2;1H/t15-;/m0./s1. The number of hydrogen-bond donors (Lipinski definition) is 1. The van der Waals surface area contributed by atoms with Crippen LogP contribution in [0, 0.1) is 5.82 Å². The highest BCUT2D eigenvalue weighted by atomic mass is 79.9. The zero-order valence-electron chi connectivity index (χ0n) is 11.7. The molecule has 0 amide bonds. The van der Waals surface area contributed by atoms with Crippen LogP contribution in [0.5, 0.6) is 0 Å². The number of hydrogen-bond acceptors (Lipinski definition) is 3. The van der Waals surface area contributed by atoms with E-state index < -0.39 is 0 Å². The van der Waals surface area contributed by atoms with Crippen molar-refractivity contribution in [1.29, 1.82) is 0 Å². The van der Waals surface area contributed by atoms with Crippen LogP contribution in [0.25, 0.3) is 0 Å². The van der Waals surface area contributed by atoms with Gasteiger partial charge in [-0.3, -0.25) is 4.90 Å². The van der Waals surface area contributed by atoms with E-state index in [1.54, 1.807) is 23.5 Å². The van der Waals surface area contributed by atoms with E-state index in [-0.39, 0.29) is 24.3 Å². The second-order valence-corrected chi connectivity index (χ2v) is 7.60. The summed E-state index contributed by atoms with van der Waals surface area (Å²) >= 11 is 11.2. The summed E-state index contributed by atoms with van der Waals surface area (Å²) in [5.74, 6) is -0.212. The third-order valence-corrected chi connectivity index (χ3v) is 5.64. The van der Waals surface area contributed by atoms with Crippen molar-refractivity contribution in [3.05, 3.63) is 55.4 Å². The molecule has 7 heteroatoms. The first-order chi connectivity index (χ1) is 10.1. The van der Waals surface area contributed by atoms with Crippen molar-refractivity contribution in [1.82, 2.24) is 10.2 Å². The van der Waals surface area contributed by atoms with E-state index in [1.807, 2.05) is 12.1 Å². The van der Waals surface area contributed by atoms with Crippen LogP contribution < -0.4 is 5.32 Å². The van der Waals surface area contributed by atoms with Gasteiger partial charge < -0.3 is 5.32 Å². The Morgan fingerprint density at radius 2 is 1.95 bits per heavy atom. The molecule has 1 saturated heterocycles. The smallest absolute Gasteiger partial charge is 0.123 e. The Bertz CT molecular complexity index is 632. The number of thiophene rings is 1. The Kier molecular flexibility index (Phi) is 6.68. The van der Waals surface area contributed by atoms with Gasteiger partial charge in [0.1, 0.15) is 5.82 Å². The summed E-state index contributed by atoms with van der Waals surface area (Å²) < 4.78 is 15.4. The molecule has 0 radical (unpaired) electrons. The molecular formula is C15H16BrCl2FN2S. The highest BCUT2D eigenvalue weighted by Gasteiger charge is 2.27. The van der Waals surface area contributed by atoms with Gasteiger partial charge in [0.15, 0.2) is 0 Å². The van der Waals surface area contributed by atoms with Gasteiger partial charge in [-0.2, -0.15) is 0 Å². The van der Waals surface area contributed by atoms with Gasteiger partial charge in [-0.1, -0.05) is 27.5 Å². The third kappa shape index (κ3) is 4.02. The van der Waals surface area contributed by atoms with E-state index in [2.05, 4.69) is 26.1 Å². The molecule has 0 saturated carbocycles. The zero-order chi connectivity index (χ0) is 14.8. The summed E-state index contributed by atoms with van der Waals surface area (Å²) in [4.78, 5) is 3.52. The molecule has 1 atom stereocenters. The predicted octanol–water partition coefficient (Wildman–Crippen LogP) is 4.72. The van der Waals surface area contributed by atoms with Crippen molar-refractivity contribution >= 4 is 51.3 Å². The molecule has 0 bridgehead atoms. The molecule has 3 rings (SSSR count). The molecule has 1 aromatic heterocycles. The van der Waals surface area contributed by atoms with Gasteiger partial charge in [0.05, 0.1) is 10.4 Å². The maximum absolute atomic E-state index is 13.7. The molecular weight excluding hydrogens is 410 g/mol. The molecule has 1 fully saturated rings. The SMILES string of the molecule is Cl.Fc1ccc(Br)c([C@@H](c2ccc(Cl)s2)N2CCNCC2)c1. The Morgan fingerprint density at radius 3 is 2.59 bits per heavy atom. The Hall–Kier alpha value is -0.170. The molecule has 2 nitrogen and oxygen atoms in total. The van der Waals surface area contributed by atoms with Gasteiger partial charge in [0, 0.05) is 35.5 Å². The fourth-order valence-electron chi connectivity index (χ4n) is 2.67. The largest absolute Gasteiger partial charge is 0.314 e. The molecule has 22 heavy (non-hydrogen) atoms. The van der Waals surface area contributed by atoms with Crippen LogP contribution in [-0.2, 0) is 0 Å². The summed E-state index contributed by atoms with van der Waals surface area (Å²) in [7, 11) is 0. The zero-order valence-corrected chi connectivity index (χ0v) is 15.7. The minimum absolute atomic E-state index is 0. The van der Waals surface area contributed by atoms with E-state index in [4.69, 9.17) is 11.6 Å². The van der Waals surface area contributed by atoms with Crippen molar-refractivity contribution in [2.75, 3.05) is 26.2 Å². The lowest BCUT2D eigenvalue weighted by Crippen LogP contribution is -2.45. The number of nitrogens with zero attached hydrogens (tertiary/aromatic N) is 1. The number of halogens is 4. The molecule has 2 heterocycles. The van der Waals surface area contributed by atoms with Crippen LogP contribution in [-0.4, -0.2) is 31.1 Å². The summed E-state index contributed by atoms with van der Waals surface area (Å²) in [6.45, 7) is 3.76. The third-order valence-electron chi connectivity index (χ3n) is 3.63. The monoisotopic (exact) mass is 424 g/mol. The lowest BCUT2D eigenvalue weighted by molar-refractivity contribution is 0.200. The second-order valence-electron chi connectivity index (χ2n) is 5.00. The van der Waals surface area contributed by atoms with Crippen molar-refractivity contribution < 1.29 is 4.39 Å². The fraction of sp³-hybridized carbons (Fsp3) is 0.333. The molecule has 120 valence electrons. The Balaban J connectivity index is 0.00000176. The molecule has 0 aliphatic carbocycles. The van der Waals surface area contributed by atoms with Gasteiger partial charge in [0.2, 0.25) is 0 Å². The number of nitrogens with one attached hydrogen (secondary N) is 1. The lowest BCUT2D eigenvalue weighted by atomic mass is 10.0. The maximum atomic E-state index is 13.7. The highest BCUT2D eigenvalue weighted by Crippen LogP contribution is 2.38. The first-order valence-corrected chi connectivity index (χ1v) is 8.79. The van der Waals surface area contributed by atoms with Gasteiger partial charge >= 0.3 is 0 Å². The number of piperazine rings is 1. The molecule has 1 aliphatic rings. The van der Waals surface area contributed by atoms with Crippen molar-refractivity contribution in [2.45, 2.75) is 6.04 Å². The van der Waals surface area contributed by atoms with Crippen LogP contribution in [0.2, 0.25) is 4.34 Å². The average Bonchev–Trinajstić information content (AvgIpc) is 2.90. The number of benzene rings is 1. The van der Waals surface area contributed by atoms with Crippen LogP contribution in [0.4, 0.5) is 4.39 Å². The maximum Gasteiger partial charge on any atom is 0.123 e. The van der Waals surface area contributed by atoms with Crippen LogP contribution in [0.3, 0.4) is 0 Å². The Morgan fingerprint density at radius 1 is 1.23 bits per heavy atom. The topological polar surface area (TPSA) is 15.3 Å². The first kappa shape index (κ1) is 18.2. The first-order valence-electron chi connectivity index (χ1n) is 6.80. The Labute approximate surface area is 153 Å². The van der Waals surface area contributed by atoms with E-state index in [0.29, 0.717) is 0 Å². The normalized spacial score (nSPS) is 17.0. The minimum Gasteiger partial charge on any atom is -0.314 e. The molecule has 2 aromatic rings. The summed E-state index contributed by atoms with van der Waals surface area (Å²) in [5, 5.41) is 3.35. The van der Waals surface area contributed by atoms with E-state index in [0.717, 1.165) is 45.4 Å². The second kappa shape index (κ2) is 8.08. The van der Waals surface area contributed by atoms with Crippen LogP contribution in [0.1, 0.15) is 16.5 Å². The van der Waals surface area contributed by atoms with Crippen molar-refractivity contribution in [2.24, 2.45) is 0 Å². The molecule has 0 unspecified atom stereocenters. The van der Waals surface area contributed by atoms with E-state index >= 15 is 0 Å². The lowest BCUT2D eigenvalue weighted by Gasteiger charge is -2.35. The molecule has 1 aromatic carbocycles. The van der Waals surface area contributed by atoms with Crippen LogP contribution >= 0.6 is 51.3 Å². The van der Waals surface area contributed by atoms with Gasteiger partial charge in [-0.05, 0) is 35.9 Å². The summed E-state index contributed by atoms with van der Waals surface area (Å²) in [6, 6.07) is 8.85. The molecule has 1 N–H and O–H groups in total. The van der Waals surface area contributed by atoms with Gasteiger partial charge in [-0.15, -0.1) is 23.7 Å². The minimum atomic E-state index is -0.212.